The molecule has 4 nitrogen and oxygen atoms in total. The first kappa shape index (κ1) is 10.8. The first-order valence-electron chi connectivity index (χ1n) is 4.46. The van der Waals surface area contributed by atoms with Crippen molar-refractivity contribution in [1.82, 2.24) is 10.2 Å². The number of methoxy groups -OCH3 is 1. The van der Waals surface area contributed by atoms with E-state index in [9.17, 15) is 4.39 Å². The molecule has 0 radical (unpaired) electrons. The van der Waals surface area contributed by atoms with Gasteiger partial charge in [-0.1, -0.05) is 11.6 Å². The van der Waals surface area contributed by atoms with Crippen LogP contribution in [0.2, 0.25) is 5.02 Å². The third kappa shape index (κ3) is 1.81. The van der Waals surface area contributed by atoms with E-state index in [0.717, 1.165) is 0 Å². The average Bonchev–Trinajstić information content (AvgIpc) is 2.69. The highest BCUT2D eigenvalue weighted by atomic mass is 35.5. The molecule has 0 amide bonds. The molecule has 2 rings (SSSR count). The van der Waals surface area contributed by atoms with Crippen molar-refractivity contribution in [1.29, 1.82) is 0 Å². The molecule has 0 spiro atoms. The summed E-state index contributed by atoms with van der Waals surface area (Å²) in [6, 6.07) is 4.50. The number of aromatic nitrogens is 2. The van der Waals surface area contributed by atoms with E-state index in [2.05, 4.69) is 10.2 Å². The lowest BCUT2D eigenvalue weighted by Gasteiger charge is -2.06. The van der Waals surface area contributed by atoms with Crippen molar-refractivity contribution in [2.24, 2.45) is 0 Å². The third-order valence-electron chi connectivity index (χ3n) is 2.12. The Morgan fingerprint density at radius 3 is 2.75 bits per heavy atom. The quantitative estimate of drug-likeness (QED) is 0.849. The standard InChI is InChI=1S/C10H9ClFN3O/c1-16-8-3-5(2-6(12)10(8)11)7-4-9(13)15-14-7/h2-4H,1H3,(H3,13,14,15). The maximum absolute atomic E-state index is 13.4. The lowest BCUT2D eigenvalue weighted by Crippen LogP contribution is -1.89. The van der Waals surface area contributed by atoms with Gasteiger partial charge in [-0.2, -0.15) is 5.10 Å². The number of anilines is 1. The van der Waals surface area contributed by atoms with E-state index < -0.39 is 5.82 Å². The molecule has 0 aliphatic carbocycles. The number of ether oxygens (including phenoxy) is 1. The Balaban J connectivity index is 2.54. The number of aromatic amines is 1. The summed E-state index contributed by atoms with van der Waals surface area (Å²) in [6.07, 6.45) is 0. The molecule has 1 aromatic carbocycles. The first-order chi connectivity index (χ1) is 7.61. The monoisotopic (exact) mass is 241 g/mol. The zero-order valence-electron chi connectivity index (χ0n) is 8.42. The molecule has 0 saturated carbocycles. The van der Waals surface area contributed by atoms with Gasteiger partial charge in [-0.3, -0.25) is 5.10 Å². The van der Waals surface area contributed by atoms with Gasteiger partial charge in [0, 0.05) is 11.6 Å². The predicted octanol–water partition coefficient (Wildman–Crippen LogP) is 2.46. The predicted molar refractivity (Wildman–Crippen MR) is 60.0 cm³/mol. The molecule has 1 aromatic heterocycles. The summed E-state index contributed by atoms with van der Waals surface area (Å²) in [5.74, 6) is 0.0540. The molecule has 0 fully saturated rings. The summed E-state index contributed by atoms with van der Waals surface area (Å²) >= 11 is 5.71. The largest absolute Gasteiger partial charge is 0.495 e. The molecule has 0 unspecified atom stereocenters. The van der Waals surface area contributed by atoms with Gasteiger partial charge in [0.15, 0.2) is 0 Å². The third-order valence-corrected chi connectivity index (χ3v) is 2.49. The smallest absolute Gasteiger partial charge is 0.146 e. The fourth-order valence-electron chi connectivity index (χ4n) is 1.35. The SMILES string of the molecule is COc1cc(-c2cc(N)n[nH]2)cc(F)c1Cl. The summed E-state index contributed by atoms with van der Waals surface area (Å²) in [7, 11) is 1.42. The maximum Gasteiger partial charge on any atom is 0.146 e. The van der Waals surface area contributed by atoms with E-state index in [1.165, 1.54) is 13.2 Å². The van der Waals surface area contributed by atoms with E-state index >= 15 is 0 Å². The summed E-state index contributed by atoms with van der Waals surface area (Å²) in [5.41, 5.74) is 6.64. The van der Waals surface area contributed by atoms with Crippen molar-refractivity contribution in [3.8, 4) is 17.0 Å². The van der Waals surface area contributed by atoms with Gasteiger partial charge in [-0.15, -0.1) is 0 Å². The number of nitrogens with two attached hydrogens (primary N) is 1. The van der Waals surface area contributed by atoms with E-state index in [-0.39, 0.29) is 10.8 Å². The minimum Gasteiger partial charge on any atom is -0.495 e. The minimum atomic E-state index is -0.552. The van der Waals surface area contributed by atoms with Crippen LogP contribution in [0.15, 0.2) is 18.2 Å². The van der Waals surface area contributed by atoms with Gasteiger partial charge in [0.25, 0.3) is 0 Å². The van der Waals surface area contributed by atoms with Crippen molar-refractivity contribution < 1.29 is 9.13 Å². The molecule has 0 bridgehead atoms. The zero-order chi connectivity index (χ0) is 11.7. The highest BCUT2D eigenvalue weighted by Crippen LogP contribution is 2.32. The molecule has 6 heteroatoms. The Morgan fingerprint density at radius 2 is 2.19 bits per heavy atom. The second kappa shape index (κ2) is 4.02. The molecule has 0 aliphatic heterocycles. The van der Waals surface area contributed by atoms with Crippen molar-refractivity contribution >= 4 is 17.4 Å². The Labute approximate surface area is 96.2 Å². The maximum atomic E-state index is 13.4. The number of halogens is 2. The van der Waals surface area contributed by atoms with Crippen molar-refractivity contribution in [3.63, 3.8) is 0 Å². The van der Waals surface area contributed by atoms with Crippen LogP contribution in [0, 0.1) is 5.82 Å². The average molecular weight is 242 g/mol. The van der Waals surface area contributed by atoms with Gasteiger partial charge >= 0.3 is 0 Å². The minimum absolute atomic E-state index is 0.0428. The van der Waals surface area contributed by atoms with Gasteiger partial charge in [0.1, 0.15) is 22.4 Å². The van der Waals surface area contributed by atoms with Crippen LogP contribution in [0.25, 0.3) is 11.3 Å². The van der Waals surface area contributed by atoms with Crippen LogP contribution in [0.5, 0.6) is 5.75 Å². The fraction of sp³-hybridized carbons (Fsp3) is 0.100. The van der Waals surface area contributed by atoms with Crippen LogP contribution in [-0.4, -0.2) is 17.3 Å². The van der Waals surface area contributed by atoms with Gasteiger partial charge in [-0.25, -0.2) is 4.39 Å². The number of hydrogen-bond acceptors (Lipinski definition) is 3. The first-order valence-corrected chi connectivity index (χ1v) is 4.84. The Bertz CT molecular complexity index is 527. The molecule has 0 atom stereocenters. The van der Waals surface area contributed by atoms with E-state index in [1.54, 1.807) is 12.1 Å². The number of nitrogen functional groups attached to an aromatic ring is 1. The fourth-order valence-corrected chi connectivity index (χ4v) is 1.54. The molecule has 16 heavy (non-hydrogen) atoms. The van der Waals surface area contributed by atoms with Crippen LogP contribution in [0.3, 0.4) is 0 Å². The second-order valence-corrected chi connectivity index (χ2v) is 3.56. The Kier molecular flexibility index (Phi) is 2.70. The number of nitrogens with one attached hydrogen (secondary N) is 1. The molecular formula is C10H9ClFN3O. The zero-order valence-corrected chi connectivity index (χ0v) is 9.18. The van der Waals surface area contributed by atoms with Crippen LogP contribution >= 0.6 is 11.6 Å². The molecule has 0 saturated heterocycles. The van der Waals surface area contributed by atoms with Crippen LogP contribution in [-0.2, 0) is 0 Å². The molecular weight excluding hydrogens is 233 g/mol. The van der Waals surface area contributed by atoms with Crippen LogP contribution in [0.1, 0.15) is 0 Å². The summed E-state index contributed by atoms with van der Waals surface area (Å²) in [5, 5.41) is 6.39. The van der Waals surface area contributed by atoms with Gasteiger partial charge in [0.2, 0.25) is 0 Å². The number of hydrogen-bond donors (Lipinski definition) is 2. The topological polar surface area (TPSA) is 63.9 Å². The van der Waals surface area contributed by atoms with E-state index in [1.807, 2.05) is 0 Å². The Morgan fingerprint density at radius 1 is 1.44 bits per heavy atom. The molecule has 84 valence electrons. The summed E-state index contributed by atoms with van der Waals surface area (Å²) in [4.78, 5) is 0. The van der Waals surface area contributed by atoms with Crippen LogP contribution < -0.4 is 10.5 Å². The highest BCUT2D eigenvalue weighted by Gasteiger charge is 2.11. The Hall–Kier alpha value is -1.75. The molecule has 1 heterocycles. The number of benzene rings is 1. The normalized spacial score (nSPS) is 10.4. The second-order valence-electron chi connectivity index (χ2n) is 3.18. The summed E-state index contributed by atoms with van der Waals surface area (Å²) in [6.45, 7) is 0. The molecule has 2 aromatic rings. The van der Waals surface area contributed by atoms with Crippen LogP contribution in [0.4, 0.5) is 10.2 Å². The molecule has 0 aliphatic rings. The number of nitrogens with zero attached hydrogens (tertiary/aromatic N) is 1. The summed E-state index contributed by atoms with van der Waals surface area (Å²) < 4.78 is 18.4. The molecule has 3 N–H and O–H groups in total. The van der Waals surface area contributed by atoms with Gasteiger partial charge in [-0.05, 0) is 12.1 Å². The number of rotatable bonds is 2. The van der Waals surface area contributed by atoms with Crippen molar-refractivity contribution in [2.45, 2.75) is 0 Å². The number of H-pyrrole nitrogens is 1. The van der Waals surface area contributed by atoms with Crippen molar-refractivity contribution in [3.05, 3.63) is 29.0 Å². The lowest BCUT2D eigenvalue weighted by atomic mass is 10.1. The van der Waals surface area contributed by atoms with Gasteiger partial charge < -0.3 is 10.5 Å². The van der Waals surface area contributed by atoms with Crippen molar-refractivity contribution in [2.75, 3.05) is 12.8 Å². The lowest BCUT2D eigenvalue weighted by molar-refractivity contribution is 0.412. The van der Waals surface area contributed by atoms with E-state index in [4.69, 9.17) is 22.1 Å². The highest BCUT2D eigenvalue weighted by molar-refractivity contribution is 6.32. The van der Waals surface area contributed by atoms with E-state index in [0.29, 0.717) is 17.1 Å². The van der Waals surface area contributed by atoms with Gasteiger partial charge in [0.05, 0.1) is 12.8 Å².